The minimum absolute atomic E-state index is 0.00826. The first-order valence-corrected chi connectivity index (χ1v) is 9.76. The third-order valence-electron chi connectivity index (χ3n) is 8.28. The van der Waals surface area contributed by atoms with Crippen molar-refractivity contribution in [2.45, 2.75) is 57.3 Å². The first-order valence-electron chi connectivity index (χ1n) is 9.76. The van der Waals surface area contributed by atoms with Crippen LogP contribution in [0.1, 0.15) is 39.5 Å². The van der Waals surface area contributed by atoms with Gasteiger partial charge in [0.15, 0.2) is 17.2 Å². The van der Waals surface area contributed by atoms with Gasteiger partial charge in [-0.05, 0) is 49.7 Å². The van der Waals surface area contributed by atoms with Crippen LogP contribution in [0, 0.1) is 28.6 Å². The van der Waals surface area contributed by atoms with E-state index in [4.69, 9.17) is 0 Å². The molecule has 3 saturated carbocycles. The first-order chi connectivity index (χ1) is 12.6. The summed E-state index contributed by atoms with van der Waals surface area (Å²) in [7, 11) is 0. The molecule has 0 aromatic carbocycles. The van der Waals surface area contributed by atoms with E-state index >= 15 is 0 Å². The number of fused-ring (bicyclic) bond motifs is 5. The van der Waals surface area contributed by atoms with E-state index in [1.807, 2.05) is 13.0 Å². The molecule has 0 heterocycles. The molecule has 27 heavy (non-hydrogen) atoms. The monoisotopic (exact) mass is 376 g/mol. The second-order valence-electron chi connectivity index (χ2n) is 9.31. The smallest absolute Gasteiger partial charge is 0.192 e. The molecule has 0 bridgehead atoms. The molecule has 0 spiro atoms. The Morgan fingerprint density at radius 3 is 2.67 bits per heavy atom. The lowest BCUT2D eigenvalue weighted by molar-refractivity contribution is -0.190. The lowest BCUT2D eigenvalue weighted by Gasteiger charge is -2.59. The molecule has 0 amide bonds. The maximum Gasteiger partial charge on any atom is 0.192 e. The van der Waals surface area contributed by atoms with Crippen LogP contribution in [0.4, 0.5) is 0 Å². The quantitative estimate of drug-likeness (QED) is 0.559. The summed E-state index contributed by atoms with van der Waals surface area (Å²) in [6.07, 6.45) is 4.97. The average Bonchev–Trinajstić information content (AvgIpc) is 2.82. The van der Waals surface area contributed by atoms with Crippen LogP contribution in [-0.4, -0.2) is 56.4 Å². The summed E-state index contributed by atoms with van der Waals surface area (Å²) in [5.74, 6) is -1.09. The Kier molecular flexibility index (Phi) is 4.10. The molecule has 4 aliphatic carbocycles. The average molecular weight is 376 g/mol. The van der Waals surface area contributed by atoms with Crippen molar-refractivity contribution in [2.24, 2.45) is 28.6 Å². The Bertz CT molecular complexity index is 756. The molecule has 8 atom stereocenters. The number of carbonyl (C=O) groups excluding carboxylic acids is 2. The topological polar surface area (TPSA) is 115 Å². The predicted octanol–water partition coefficient (Wildman–Crippen LogP) is 0.528. The summed E-state index contributed by atoms with van der Waals surface area (Å²) < 4.78 is 0. The second-order valence-corrected chi connectivity index (χ2v) is 9.31. The molecule has 6 nitrogen and oxygen atoms in total. The summed E-state index contributed by atoms with van der Waals surface area (Å²) in [5.41, 5.74) is -2.46. The van der Waals surface area contributed by atoms with Gasteiger partial charge in [-0.25, -0.2) is 0 Å². The van der Waals surface area contributed by atoms with E-state index in [9.17, 15) is 30.0 Å². The Morgan fingerprint density at radius 2 is 2.00 bits per heavy atom. The van der Waals surface area contributed by atoms with Gasteiger partial charge in [0.2, 0.25) is 0 Å². The molecule has 0 aromatic heterocycles. The summed E-state index contributed by atoms with van der Waals surface area (Å²) in [6, 6.07) is 0. The van der Waals surface area contributed by atoms with Gasteiger partial charge in [-0.2, -0.15) is 0 Å². The van der Waals surface area contributed by atoms with Crippen LogP contribution in [0.25, 0.3) is 0 Å². The number of hydrogen-bond acceptors (Lipinski definition) is 6. The van der Waals surface area contributed by atoms with Crippen molar-refractivity contribution in [3.8, 4) is 0 Å². The summed E-state index contributed by atoms with van der Waals surface area (Å²) in [4.78, 5) is 24.2. The zero-order chi connectivity index (χ0) is 19.8. The molecular weight excluding hydrogens is 348 g/mol. The number of aliphatic hydroxyl groups is 4. The van der Waals surface area contributed by atoms with E-state index in [-0.39, 0.29) is 36.4 Å². The van der Waals surface area contributed by atoms with Crippen molar-refractivity contribution >= 4 is 11.6 Å². The molecule has 3 fully saturated rings. The number of ketones is 2. The maximum atomic E-state index is 12.4. The van der Waals surface area contributed by atoms with Gasteiger partial charge < -0.3 is 20.4 Å². The molecule has 0 aromatic rings. The molecule has 4 N–H and O–H groups in total. The van der Waals surface area contributed by atoms with Crippen molar-refractivity contribution in [1.82, 2.24) is 0 Å². The molecule has 6 heteroatoms. The van der Waals surface area contributed by atoms with Crippen LogP contribution in [-0.2, 0) is 9.59 Å². The summed E-state index contributed by atoms with van der Waals surface area (Å²) in [6.45, 7) is 2.96. The first kappa shape index (κ1) is 19.0. The van der Waals surface area contributed by atoms with Crippen LogP contribution in [0.3, 0.4) is 0 Å². The number of Topliss-reactive ketones (excluding diaryl/α,β-unsaturated/α-hetero) is 1. The van der Waals surface area contributed by atoms with Gasteiger partial charge in [0.25, 0.3) is 0 Å². The van der Waals surface area contributed by atoms with Crippen LogP contribution in [0.2, 0.25) is 0 Å². The highest BCUT2D eigenvalue weighted by atomic mass is 16.4. The molecule has 1 unspecified atom stereocenters. The van der Waals surface area contributed by atoms with E-state index in [2.05, 4.69) is 0 Å². The van der Waals surface area contributed by atoms with Crippen LogP contribution in [0.15, 0.2) is 23.8 Å². The van der Waals surface area contributed by atoms with Crippen LogP contribution in [0.5, 0.6) is 0 Å². The van der Waals surface area contributed by atoms with Crippen molar-refractivity contribution in [2.75, 3.05) is 6.61 Å². The van der Waals surface area contributed by atoms with Crippen molar-refractivity contribution in [3.63, 3.8) is 0 Å². The van der Waals surface area contributed by atoms with Gasteiger partial charge >= 0.3 is 0 Å². The van der Waals surface area contributed by atoms with Gasteiger partial charge in [0.1, 0.15) is 6.61 Å². The largest absolute Gasteiger partial charge is 0.393 e. The van der Waals surface area contributed by atoms with Gasteiger partial charge in [-0.15, -0.1) is 0 Å². The third-order valence-corrected chi connectivity index (χ3v) is 8.28. The molecule has 0 radical (unpaired) electrons. The fraction of sp³-hybridized carbons (Fsp3) is 0.714. The fourth-order valence-corrected chi connectivity index (χ4v) is 6.96. The molecule has 148 valence electrons. The van der Waals surface area contributed by atoms with E-state index in [1.165, 1.54) is 0 Å². The van der Waals surface area contributed by atoms with Gasteiger partial charge in [-0.3, -0.25) is 9.59 Å². The highest BCUT2D eigenvalue weighted by Gasteiger charge is 2.71. The number of rotatable bonds is 2. The minimum atomic E-state index is -2.05. The Labute approximate surface area is 158 Å². The zero-order valence-electron chi connectivity index (χ0n) is 15.8. The molecule has 4 aliphatic rings. The van der Waals surface area contributed by atoms with E-state index in [0.29, 0.717) is 0 Å². The summed E-state index contributed by atoms with van der Waals surface area (Å²) in [5, 5.41) is 42.3. The summed E-state index contributed by atoms with van der Waals surface area (Å²) >= 11 is 0. The standard InChI is InChI=1S/C21H28O6/c1-19-6-5-12(23)7-11(19)3-4-13-14-8-16(25)21(27,17(26)10-22)20(14,2)9-15(24)18(13)19/h5-7,13-16,18,22,24-25,27H,3-4,8-10H2,1-2H3/t13-,14-,15-,16+,18+,19-,20?,21-/m0/s1. The van der Waals surface area contributed by atoms with E-state index in [0.717, 1.165) is 18.4 Å². The minimum Gasteiger partial charge on any atom is -0.393 e. The SMILES string of the molecule is CC12C[C@H](O)[C@H]3[C@@H](CCC4=CC(=O)C=C[C@@]43C)[C@@H]1C[C@@H](O)[C@]2(O)C(=O)CO. The zero-order valence-corrected chi connectivity index (χ0v) is 15.8. The van der Waals surface area contributed by atoms with Gasteiger partial charge in [0.05, 0.1) is 12.2 Å². The normalized spacial score (nSPS) is 51.3. The fourth-order valence-electron chi connectivity index (χ4n) is 6.96. The molecule has 4 rings (SSSR count). The van der Waals surface area contributed by atoms with Crippen LogP contribution < -0.4 is 0 Å². The second kappa shape index (κ2) is 5.83. The van der Waals surface area contributed by atoms with Gasteiger partial charge in [0, 0.05) is 16.7 Å². The third kappa shape index (κ3) is 2.21. The van der Waals surface area contributed by atoms with Gasteiger partial charge in [-0.1, -0.05) is 25.5 Å². The van der Waals surface area contributed by atoms with E-state index < -0.39 is 41.0 Å². The van der Waals surface area contributed by atoms with Crippen molar-refractivity contribution < 1.29 is 30.0 Å². The lowest BCUT2D eigenvalue weighted by Crippen LogP contribution is -2.63. The van der Waals surface area contributed by atoms with Crippen LogP contribution >= 0.6 is 0 Å². The maximum absolute atomic E-state index is 12.4. The van der Waals surface area contributed by atoms with Crippen molar-refractivity contribution in [3.05, 3.63) is 23.8 Å². The number of carbonyl (C=O) groups is 2. The number of aliphatic hydroxyl groups excluding tert-OH is 3. The predicted molar refractivity (Wildman–Crippen MR) is 96.4 cm³/mol. The Balaban J connectivity index is 1.78. The van der Waals surface area contributed by atoms with Crippen molar-refractivity contribution in [1.29, 1.82) is 0 Å². The Hall–Kier alpha value is -1.34. The number of allylic oxidation sites excluding steroid dienone is 4. The molecule has 0 aliphatic heterocycles. The lowest BCUT2D eigenvalue weighted by atomic mass is 9.46. The highest BCUT2D eigenvalue weighted by molar-refractivity contribution is 6.01. The Morgan fingerprint density at radius 1 is 1.30 bits per heavy atom. The molecular formula is C21H28O6. The number of hydrogen-bond donors (Lipinski definition) is 4. The van der Waals surface area contributed by atoms with E-state index in [1.54, 1.807) is 19.1 Å². The highest BCUT2D eigenvalue weighted by Crippen LogP contribution is 2.67. The molecule has 0 saturated heterocycles.